The fraction of sp³-hybridized carbons (Fsp3) is 0.588. The number of hydrogen-bond donors (Lipinski definition) is 2. The molecule has 21 heavy (non-hydrogen) atoms. The highest BCUT2D eigenvalue weighted by Crippen LogP contribution is 2.29. The van der Waals surface area contributed by atoms with Crippen molar-refractivity contribution < 1.29 is 4.79 Å². The van der Waals surface area contributed by atoms with E-state index in [1.165, 1.54) is 17.5 Å². The molecule has 4 heteroatoms. The number of fused-ring (bicyclic) bond motifs is 1. The lowest BCUT2D eigenvalue weighted by molar-refractivity contribution is -0.117. The summed E-state index contributed by atoms with van der Waals surface area (Å²) in [7, 11) is 0. The molecule has 2 rings (SSSR count). The summed E-state index contributed by atoms with van der Waals surface area (Å²) in [5.41, 5.74) is 9.29. The summed E-state index contributed by atoms with van der Waals surface area (Å²) in [5, 5.41) is 2.99. The van der Waals surface area contributed by atoms with Crippen LogP contribution in [0.3, 0.4) is 0 Å². The molecule has 0 spiro atoms. The Kier molecular flexibility index (Phi) is 5.37. The summed E-state index contributed by atoms with van der Waals surface area (Å²) in [6.07, 6.45) is 1.86. The number of rotatable bonds is 6. The van der Waals surface area contributed by atoms with Crippen LogP contribution in [0.25, 0.3) is 0 Å². The zero-order chi connectivity index (χ0) is 15.4. The first kappa shape index (κ1) is 16.0. The molecular formula is C17H27N3O. The maximum Gasteiger partial charge on any atom is 0.241 e. The van der Waals surface area contributed by atoms with Gasteiger partial charge in [-0.3, -0.25) is 9.69 Å². The Morgan fingerprint density at radius 2 is 2.14 bits per heavy atom. The van der Waals surface area contributed by atoms with Crippen molar-refractivity contribution in [1.29, 1.82) is 0 Å². The average Bonchev–Trinajstić information content (AvgIpc) is 2.88. The van der Waals surface area contributed by atoms with E-state index >= 15 is 0 Å². The zero-order valence-corrected chi connectivity index (χ0v) is 13.4. The molecule has 0 bridgehead atoms. The monoisotopic (exact) mass is 289 g/mol. The third-order valence-corrected chi connectivity index (χ3v) is 4.11. The maximum absolute atomic E-state index is 12.0. The maximum atomic E-state index is 12.0. The molecule has 1 heterocycles. The number of carbonyl (C=O) groups excluding carboxylic acids is 1. The standard InChI is InChI=1S/C17H27N3O/c1-4-15(18)17(21)19-16-7-5-6-13-10-20(11-14(13)16)9-8-12(2)3/h5-7,12,15H,4,8-11,18H2,1-3H3,(H,19,21)/t15-/m0/s1. The fourth-order valence-electron chi connectivity index (χ4n) is 2.62. The average molecular weight is 289 g/mol. The van der Waals surface area contributed by atoms with Gasteiger partial charge in [-0.2, -0.15) is 0 Å². The Morgan fingerprint density at radius 1 is 1.38 bits per heavy atom. The number of hydrogen-bond acceptors (Lipinski definition) is 3. The van der Waals surface area contributed by atoms with Crippen LogP contribution in [0.1, 0.15) is 44.7 Å². The Labute approximate surface area is 127 Å². The summed E-state index contributed by atoms with van der Waals surface area (Å²) < 4.78 is 0. The summed E-state index contributed by atoms with van der Waals surface area (Å²) in [5.74, 6) is 0.627. The summed E-state index contributed by atoms with van der Waals surface area (Å²) in [6, 6.07) is 5.71. The second kappa shape index (κ2) is 7.05. The predicted molar refractivity (Wildman–Crippen MR) is 86.9 cm³/mol. The van der Waals surface area contributed by atoms with Crippen LogP contribution in [0.2, 0.25) is 0 Å². The molecule has 1 aromatic rings. The van der Waals surface area contributed by atoms with E-state index in [-0.39, 0.29) is 5.91 Å². The van der Waals surface area contributed by atoms with Crippen LogP contribution < -0.4 is 11.1 Å². The highest BCUT2D eigenvalue weighted by Gasteiger charge is 2.22. The number of amides is 1. The molecule has 0 aromatic heterocycles. The quantitative estimate of drug-likeness (QED) is 0.846. The predicted octanol–water partition coefficient (Wildman–Crippen LogP) is 2.72. The third-order valence-electron chi connectivity index (χ3n) is 4.11. The van der Waals surface area contributed by atoms with Crippen molar-refractivity contribution in [3.05, 3.63) is 29.3 Å². The third kappa shape index (κ3) is 4.05. The van der Waals surface area contributed by atoms with Gasteiger partial charge >= 0.3 is 0 Å². The first-order valence-electron chi connectivity index (χ1n) is 7.90. The van der Waals surface area contributed by atoms with Crippen molar-refractivity contribution >= 4 is 11.6 Å². The van der Waals surface area contributed by atoms with Gasteiger partial charge in [0, 0.05) is 18.8 Å². The van der Waals surface area contributed by atoms with Gasteiger partial charge < -0.3 is 11.1 Å². The minimum Gasteiger partial charge on any atom is -0.324 e. The largest absolute Gasteiger partial charge is 0.324 e. The Bertz CT molecular complexity index is 499. The molecule has 4 nitrogen and oxygen atoms in total. The number of carbonyl (C=O) groups is 1. The molecule has 0 saturated heterocycles. The Balaban J connectivity index is 2.05. The van der Waals surface area contributed by atoms with Gasteiger partial charge in [0.2, 0.25) is 5.91 Å². The van der Waals surface area contributed by atoms with Crippen LogP contribution in [0.5, 0.6) is 0 Å². The molecule has 0 saturated carbocycles. The summed E-state index contributed by atoms with van der Waals surface area (Å²) in [4.78, 5) is 14.4. The van der Waals surface area contributed by atoms with Crippen molar-refractivity contribution in [3.8, 4) is 0 Å². The minimum absolute atomic E-state index is 0.0912. The summed E-state index contributed by atoms with van der Waals surface area (Å²) >= 11 is 0. The number of nitrogens with zero attached hydrogens (tertiary/aromatic N) is 1. The van der Waals surface area contributed by atoms with Gasteiger partial charge in [-0.15, -0.1) is 0 Å². The number of benzene rings is 1. The molecule has 0 unspecified atom stereocenters. The normalized spacial score (nSPS) is 16.0. The van der Waals surface area contributed by atoms with Crippen molar-refractivity contribution in [3.63, 3.8) is 0 Å². The van der Waals surface area contributed by atoms with E-state index in [9.17, 15) is 4.79 Å². The van der Waals surface area contributed by atoms with Gasteiger partial charge in [0.15, 0.2) is 0 Å². The van der Waals surface area contributed by atoms with E-state index in [0.717, 1.165) is 31.2 Å². The van der Waals surface area contributed by atoms with Crippen LogP contribution in [-0.4, -0.2) is 23.4 Å². The fourth-order valence-corrected chi connectivity index (χ4v) is 2.62. The van der Waals surface area contributed by atoms with Gasteiger partial charge in [-0.25, -0.2) is 0 Å². The molecule has 0 aliphatic carbocycles. The first-order chi connectivity index (χ1) is 10.0. The second-order valence-electron chi connectivity index (χ2n) is 6.34. The zero-order valence-electron chi connectivity index (χ0n) is 13.4. The molecule has 3 N–H and O–H groups in total. The Morgan fingerprint density at radius 3 is 2.81 bits per heavy atom. The SMILES string of the molecule is CC[C@H](N)C(=O)Nc1cccc2c1CN(CCC(C)C)C2. The molecule has 1 aromatic carbocycles. The van der Waals surface area contributed by atoms with E-state index in [2.05, 4.69) is 30.1 Å². The second-order valence-corrected chi connectivity index (χ2v) is 6.34. The van der Waals surface area contributed by atoms with Gasteiger partial charge in [0.1, 0.15) is 0 Å². The highest BCUT2D eigenvalue weighted by atomic mass is 16.2. The summed E-state index contributed by atoms with van der Waals surface area (Å²) in [6.45, 7) is 9.43. The Hall–Kier alpha value is -1.39. The van der Waals surface area contributed by atoms with E-state index < -0.39 is 6.04 Å². The van der Waals surface area contributed by atoms with Crippen molar-refractivity contribution in [2.45, 2.75) is 52.7 Å². The van der Waals surface area contributed by atoms with E-state index in [0.29, 0.717) is 6.42 Å². The molecule has 1 aliphatic rings. The van der Waals surface area contributed by atoms with Crippen LogP contribution in [0, 0.1) is 5.92 Å². The van der Waals surface area contributed by atoms with Gasteiger partial charge in [-0.1, -0.05) is 32.9 Å². The lowest BCUT2D eigenvalue weighted by atomic mass is 10.1. The topological polar surface area (TPSA) is 58.4 Å². The lowest BCUT2D eigenvalue weighted by Gasteiger charge is -2.16. The smallest absolute Gasteiger partial charge is 0.241 e. The molecule has 0 radical (unpaired) electrons. The van der Waals surface area contributed by atoms with Crippen LogP contribution >= 0.6 is 0 Å². The molecule has 1 atom stereocenters. The molecular weight excluding hydrogens is 262 g/mol. The first-order valence-corrected chi connectivity index (χ1v) is 7.90. The van der Waals surface area contributed by atoms with E-state index in [1.807, 2.05) is 19.1 Å². The van der Waals surface area contributed by atoms with Crippen molar-refractivity contribution in [2.24, 2.45) is 11.7 Å². The number of anilines is 1. The lowest BCUT2D eigenvalue weighted by Crippen LogP contribution is -2.35. The van der Waals surface area contributed by atoms with Gasteiger partial charge in [-0.05, 0) is 42.5 Å². The molecule has 1 aliphatic heterocycles. The number of nitrogens with one attached hydrogen (secondary N) is 1. The van der Waals surface area contributed by atoms with E-state index in [1.54, 1.807) is 0 Å². The molecule has 1 amide bonds. The van der Waals surface area contributed by atoms with Crippen LogP contribution in [-0.2, 0) is 17.9 Å². The van der Waals surface area contributed by atoms with Gasteiger partial charge in [0.05, 0.1) is 6.04 Å². The van der Waals surface area contributed by atoms with Crippen molar-refractivity contribution in [2.75, 3.05) is 11.9 Å². The molecule has 0 fully saturated rings. The molecule has 116 valence electrons. The minimum atomic E-state index is -0.431. The number of nitrogens with two attached hydrogens (primary N) is 1. The van der Waals surface area contributed by atoms with Gasteiger partial charge in [0.25, 0.3) is 0 Å². The van der Waals surface area contributed by atoms with Crippen LogP contribution in [0.4, 0.5) is 5.69 Å². The van der Waals surface area contributed by atoms with E-state index in [4.69, 9.17) is 5.73 Å². The van der Waals surface area contributed by atoms with Crippen LogP contribution in [0.15, 0.2) is 18.2 Å². The highest BCUT2D eigenvalue weighted by molar-refractivity contribution is 5.95. The van der Waals surface area contributed by atoms with Crippen molar-refractivity contribution in [1.82, 2.24) is 4.90 Å².